The molecule has 0 saturated heterocycles. The van der Waals surface area contributed by atoms with Gasteiger partial charge in [-0.15, -0.1) is 0 Å². The highest BCUT2D eigenvalue weighted by Crippen LogP contribution is 2.41. The molecular weight excluding hydrogens is 368 g/mol. The number of carboxylic acid groups (broad SMARTS) is 1. The van der Waals surface area contributed by atoms with Crippen LogP contribution in [0, 0.1) is 6.92 Å². The molecule has 1 saturated carbocycles. The number of rotatable bonds is 5. The van der Waals surface area contributed by atoms with Crippen LogP contribution in [0.3, 0.4) is 0 Å². The smallest absolute Gasteiger partial charge is 0.339 e. The molecule has 0 aromatic heterocycles. The molecule has 0 aliphatic heterocycles. The fraction of sp³-hybridized carbons (Fsp3) is 0.350. The van der Waals surface area contributed by atoms with Crippen LogP contribution in [0.15, 0.2) is 47.4 Å². The number of hydrogen-bond donors (Lipinski definition) is 2. The topological polar surface area (TPSA) is 101 Å². The first-order valence-corrected chi connectivity index (χ1v) is 10.3. The molecule has 0 amide bonds. The van der Waals surface area contributed by atoms with Gasteiger partial charge in [0.25, 0.3) is 0 Å². The fourth-order valence-electron chi connectivity index (χ4n) is 3.48. The number of aromatic carboxylic acids is 1. The summed E-state index contributed by atoms with van der Waals surface area (Å²) in [5.74, 6) is -1.59. The minimum atomic E-state index is -3.80. The Kier molecular flexibility index (Phi) is 5.15. The molecule has 1 aliphatic carbocycles. The van der Waals surface area contributed by atoms with E-state index in [1.165, 1.54) is 12.1 Å². The van der Waals surface area contributed by atoms with E-state index < -0.39 is 26.5 Å². The minimum absolute atomic E-state index is 0.135. The van der Waals surface area contributed by atoms with Crippen LogP contribution in [0.1, 0.15) is 48.0 Å². The van der Waals surface area contributed by atoms with Crippen molar-refractivity contribution >= 4 is 15.8 Å². The van der Waals surface area contributed by atoms with Crippen LogP contribution >= 0.6 is 0 Å². The van der Waals surface area contributed by atoms with E-state index in [1.54, 1.807) is 18.2 Å². The van der Waals surface area contributed by atoms with Gasteiger partial charge in [-0.25, -0.2) is 13.2 Å². The van der Waals surface area contributed by atoms with E-state index in [0.29, 0.717) is 25.7 Å². The molecule has 0 unspecified atom stereocenters. The van der Waals surface area contributed by atoms with Crippen molar-refractivity contribution in [1.29, 1.82) is 0 Å². The fourth-order valence-corrected chi connectivity index (χ4v) is 5.54. The van der Waals surface area contributed by atoms with Crippen LogP contribution in [0.2, 0.25) is 0 Å². The second-order valence-electron chi connectivity index (χ2n) is 6.88. The SMILES string of the molecule is Cc1cccc(S(=O)(=O)C2(Oc3ccc(C(=O)O)c(O)c3)CCCCC2)c1. The molecule has 0 spiro atoms. The number of phenols is 1. The molecule has 0 atom stereocenters. The predicted molar refractivity (Wildman–Crippen MR) is 99.9 cm³/mol. The van der Waals surface area contributed by atoms with Crippen molar-refractivity contribution in [1.82, 2.24) is 0 Å². The Morgan fingerprint density at radius 3 is 2.37 bits per heavy atom. The van der Waals surface area contributed by atoms with E-state index in [2.05, 4.69) is 0 Å². The molecule has 1 aliphatic rings. The number of ether oxygens (including phenoxy) is 1. The number of hydrogen-bond acceptors (Lipinski definition) is 5. The molecule has 0 heterocycles. The van der Waals surface area contributed by atoms with Crippen LogP contribution in [-0.2, 0) is 9.84 Å². The Balaban J connectivity index is 2.03. The molecular formula is C20H22O6S. The van der Waals surface area contributed by atoms with Gasteiger partial charge in [-0.05, 0) is 49.6 Å². The summed E-state index contributed by atoms with van der Waals surface area (Å²) < 4.78 is 32.9. The second kappa shape index (κ2) is 7.23. The van der Waals surface area contributed by atoms with E-state index in [9.17, 15) is 18.3 Å². The highest BCUT2D eigenvalue weighted by Gasteiger charge is 2.48. The normalized spacial score (nSPS) is 16.6. The maximum Gasteiger partial charge on any atom is 0.339 e. The maximum atomic E-state index is 13.4. The molecule has 144 valence electrons. The number of aromatic hydroxyl groups is 1. The monoisotopic (exact) mass is 390 g/mol. The Morgan fingerprint density at radius 1 is 1.07 bits per heavy atom. The molecule has 3 rings (SSSR count). The van der Waals surface area contributed by atoms with Crippen molar-refractivity contribution in [3.8, 4) is 11.5 Å². The number of aryl methyl sites for hydroxylation is 1. The first-order valence-electron chi connectivity index (χ1n) is 8.82. The van der Waals surface area contributed by atoms with Crippen LogP contribution in [0.4, 0.5) is 0 Å². The van der Waals surface area contributed by atoms with E-state index in [1.807, 2.05) is 13.0 Å². The number of benzene rings is 2. The lowest BCUT2D eigenvalue weighted by atomic mass is 9.97. The molecule has 2 aromatic rings. The van der Waals surface area contributed by atoms with Gasteiger partial charge < -0.3 is 14.9 Å². The predicted octanol–water partition coefficient (Wildman–Crippen LogP) is 3.91. The summed E-state index contributed by atoms with van der Waals surface area (Å²) in [6.45, 7) is 1.83. The number of carbonyl (C=O) groups is 1. The van der Waals surface area contributed by atoms with Crippen molar-refractivity contribution in [2.24, 2.45) is 0 Å². The van der Waals surface area contributed by atoms with Crippen molar-refractivity contribution in [3.05, 3.63) is 53.6 Å². The highest BCUT2D eigenvalue weighted by atomic mass is 32.2. The summed E-state index contributed by atoms with van der Waals surface area (Å²) >= 11 is 0. The molecule has 27 heavy (non-hydrogen) atoms. The van der Waals surface area contributed by atoms with E-state index in [4.69, 9.17) is 9.84 Å². The molecule has 7 heteroatoms. The van der Waals surface area contributed by atoms with E-state index >= 15 is 0 Å². The average Bonchev–Trinajstić information content (AvgIpc) is 2.62. The Bertz CT molecular complexity index is 958. The largest absolute Gasteiger partial charge is 0.507 e. The Hall–Kier alpha value is -2.54. The summed E-state index contributed by atoms with van der Waals surface area (Å²) in [5, 5.41) is 19.0. The Labute approximate surface area is 158 Å². The maximum absolute atomic E-state index is 13.4. The zero-order valence-corrected chi connectivity index (χ0v) is 15.8. The molecule has 1 fully saturated rings. The van der Waals surface area contributed by atoms with Gasteiger partial charge in [0, 0.05) is 18.9 Å². The summed E-state index contributed by atoms with van der Waals surface area (Å²) in [7, 11) is -3.80. The summed E-state index contributed by atoms with van der Waals surface area (Å²) in [5.41, 5.74) is 0.576. The number of carboxylic acids is 1. The molecule has 2 aromatic carbocycles. The zero-order valence-electron chi connectivity index (χ0n) is 15.0. The van der Waals surface area contributed by atoms with E-state index in [0.717, 1.165) is 18.1 Å². The van der Waals surface area contributed by atoms with Crippen LogP contribution < -0.4 is 4.74 Å². The van der Waals surface area contributed by atoms with Gasteiger partial charge in [0.2, 0.25) is 14.8 Å². The molecule has 2 N–H and O–H groups in total. The summed E-state index contributed by atoms with van der Waals surface area (Å²) in [6, 6.07) is 10.5. The first-order chi connectivity index (χ1) is 12.7. The average molecular weight is 390 g/mol. The lowest BCUT2D eigenvalue weighted by molar-refractivity contribution is 0.0693. The summed E-state index contributed by atoms with van der Waals surface area (Å²) in [6.07, 6.45) is 3.03. The van der Waals surface area contributed by atoms with Crippen molar-refractivity contribution in [2.45, 2.75) is 48.9 Å². The van der Waals surface area contributed by atoms with E-state index in [-0.39, 0.29) is 16.2 Å². The molecule has 0 radical (unpaired) electrons. The van der Waals surface area contributed by atoms with Gasteiger partial charge in [0.05, 0.1) is 4.90 Å². The minimum Gasteiger partial charge on any atom is -0.507 e. The van der Waals surface area contributed by atoms with Crippen molar-refractivity contribution < 1.29 is 28.2 Å². The quantitative estimate of drug-likeness (QED) is 0.803. The van der Waals surface area contributed by atoms with Crippen molar-refractivity contribution in [3.63, 3.8) is 0 Å². The van der Waals surface area contributed by atoms with Gasteiger partial charge in [0.1, 0.15) is 17.1 Å². The summed E-state index contributed by atoms with van der Waals surface area (Å²) in [4.78, 5) is 9.84. The lowest BCUT2D eigenvalue weighted by Gasteiger charge is -2.37. The van der Waals surface area contributed by atoms with Crippen LogP contribution in [0.25, 0.3) is 0 Å². The van der Waals surface area contributed by atoms with Crippen LogP contribution in [-0.4, -0.2) is 29.5 Å². The molecule has 6 nitrogen and oxygen atoms in total. The first kappa shape index (κ1) is 19.2. The standard InChI is InChI=1S/C20H22O6S/c1-14-6-5-7-16(12-14)27(24,25)20(10-3-2-4-11-20)26-15-8-9-17(19(22)23)18(21)13-15/h5-9,12-13,21H,2-4,10-11H2,1H3,(H,22,23). The van der Waals surface area contributed by atoms with Gasteiger partial charge >= 0.3 is 5.97 Å². The third-order valence-electron chi connectivity index (χ3n) is 4.91. The third-order valence-corrected chi connectivity index (χ3v) is 7.25. The van der Waals surface area contributed by atoms with Gasteiger partial charge in [0.15, 0.2) is 0 Å². The van der Waals surface area contributed by atoms with Crippen LogP contribution in [0.5, 0.6) is 11.5 Å². The van der Waals surface area contributed by atoms with Crippen molar-refractivity contribution in [2.75, 3.05) is 0 Å². The Morgan fingerprint density at radius 2 is 1.78 bits per heavy atom. The molecule has 0 bridgehead atoms. The van der Waals surface area contributed by atoms with Gasteiger partial charge in [-0.2, -0.15) is 0 Å². The third kappa shape index (κ3) is 3.64. The van der Waals surface area contributed by atoms with Gasteiger partial charge in [-0.1, -0.05) is 18.6 Å². The zero-order chi connectivity index (χ0) is 19.7. The van der Waals surface area contributed by atoms with Gasteiger partial charge in [-0.3, -0.25) is 0 Å². The second-order valence-corrected chi connectivity index (χ2v) is 9.10. The lowest BCUT2D eigenvalue weighted by Crippen LogP contribution is -2.46. The highest BCUT2D eigenvalue weighted by molar-refractivity contribution is 7.92. The number of sulfone groups is 1.